The minimum atomic E-state index is -1.14. The van der Waals surface area contributed by atoms with Gasteiger partial charge in [0.05, 0.1) is 18.6 Å². The van der Waals surface area contributed by atoms with Crippen molar-refractivity contribution >= 4 is 17.8 Å². The van der Waals surface area contributed by atoms with Gasteiger partial charge in [0, 0.05) is 5.92 Å². The van der Waals surface area contributed by atoms with E-state index < -0.39 is 30.5 Å². The van der Waals surface area contributed by atoms with Gasteiger partial charge in [-0.1, -0.05) is 20.3 Å². The van der Waals surface area contributed by atoms with E-state index in [4.69, 9.17) is 10.8 Å². The molecule has 0 aliphatic heterocycles. The van der Waals surface area contributed by atoms with Crippen molar-refractivity contribution in [3.8, 4) is 0 Å². The Labute approximate surface area is 131 Å². The highest BCUT2D eigenvalue weighted by atomic mass is 16.4. The molecule has 0 saturated heterocycles. The Kier molecular flexibility index (Phi) is 6.80. The third kappa shape index (κ3) is 5.29. The maximum Gasteiger partial charge on any atom is 0.305 e. The summed E-state index contributed by atoms with van der Waals surface area (Å²) in [4.78, 5) is 34.6. The molecule has 0 bridgehead atoms. The minimum absolute atomic E-state index is 0.0548. The molecule has 1 saturated carbocycles. The first-order chi connectivity index (χ1) is 10.2. The maximum atomic E-state index is 12.4. The Hall–Kier alpha value is -1.63. The van der Waals surface area contributed by atoms with Gasteiger partial charge >= 0.3 is 5.97 Å². The van der Waals surface area contributed by atoms with Gasteiger partial charge in [-0.15, -0.1) is 0 Å². The van der Waals surface area contributed by atoms with E-state index in [9.17, 15) is 14.4 Å². The summed E-state index contributed by atoms with van der Waals surface area (Å²) >= 11 is 0. The largest absolute Gasteiger partial charge is 0.481 e. The van der Waals surface area contributed by atoms with Crippen LogP contribution in [0.5, 0.6) is 0 Å². The smallest absolute Gasteiger partial charge is 0.305 e. The molecule has 0 aromatic rings. The standard InChI is InChI=1S/C15H27N3O4/c1-8-5-4-6-9(2)13(8)15(22)18-10(3)17-14(21)11(16)7-12(19)20/h8-11,13H,4-7,16H2,1-3H3,(H,17,21)(H,18,22)(H,19,20). The molecular weight excluding hydrogens is 286 g/mol. The number of amides is 2. The molecule has 4 unspecified atom stereocenters. The lowest BCUT2D eigenvalue weighted by molar-refractivity contribution is -0.140. The van der Waals surface area contributed by atoms with E-state index in [0.717, 1.165) is 19.3 Å². The number of nitrogens with two attached hydrogens (primary N) is 1. The van der Waals surface area contributed by atoms with Gasteiger partial charge in [-0.3, -0.25) is 14.4 Å². The number of carbonyl (C=O) groups excluding carboxylic acids is 2. The molecule has 1 fully saturated rings. The van der Waals surface area contributed by atoms with Gasteiger partial charge in [0.15, 0.2) is 0 Å². The molecule has 2 amide bonds. The SMILES string of the molecule is CC(NC(=O)C(N)CC(=O)O)NC(=O)C1C(C)CCCC1C. The fourth-order valence-electron chi connectivity index (χ4n) is 3.15. The molecule has 5 N–H and O–H groups in total. The number of hydrogen-bond donors (Lipinski definition) is 4. The van der Waals surface area contributed by atoms with Crippen LogP contribution in [0.1, 0.15) is 46.5 Å². The molecule has 22 heavy (non-hydrogen) atoms. The molecule has 126 valence electrons. The number of carboxylic acids is 1. The van der Waals surface area contributed by atoms with Gasteiger partial charge < -0.3 is 21.5 Å². The predicted octanol–water partition coefficient (Wildman–Crippen LogP) is 0.439. The molecule has 1 aliphatic carbocycles. The molecule has 1 rings (SSSR count). The van der Waals surface area contributed by atoms with Crippen molar-refractivity contribution in [1.82, 2.24) is 10.6 Å². The quantitative estimate of drug-likeness (QED) is 0.530. The van der Waals surface area contributed by atoms with Gasteiger partial charge in [-0.25, -0.2) is 0 Å². The van der Waals surface area contributed by atoms with E-state index in [2.05, 4.69) is 24.5 Å². The molecule has 7 heteroatoms. The van der Waals surface area contributed by atoms with Gasteiger partial charge in [-0.2, -0.15) is 0 Å². The first-order valence-corrected chi connectivity index (χ1v) is 7.80. The zero-order chi connectivity index (χ0) is 16.9. The van der Waals surface area contributed by atoms with Crippen LogP contribution < -0.4 is 16.4 Å². The summed E-state index contributed by atoms with van der Waals surface area (Å²) in [7, 11) is 0. The van der Waals surface area contributed by atoms with Crippen LogP contribution in [0.25, 0.3) is 0 Å². The Morgan fingerprint density at radius 2 is 1.73 bits per heavy atom. The van der Waals surface area contributed by atoms with Crippen LogP contribution in [0, 0.1) is 17.8 Å². The molecule has 0 heterocycles. The van der Waals surface area contributed by atoms with E-state index in [1.165, 1.54) is 0 Å². The van der Waals surface area contributed by atoms with E-state index >= 15 is 0 Å². The van der Waals surface area contributed by atoms with E-state index in [1.807, 2.05) is 0 Å². The third-order valence-electron chi connectivity index (χ3n) is 4.30. The summed E-state index contributed by atoms with van der Waals surface area (Å²) in [6, 6.07) is -1.12. The lowest BCUT2D eigenvalue weighted by Gasteiger charge is -2.34. The molecule has 0 aromatic carbocycles. The second-order valence-electron chi connectivity index (χ2n) is 6.35. The molecule has 7 nitrogen and oxygen atoms in total. The lowest BCUT2D eigenvalue weighted by atomic mass is 9.73. The second kappa shape index (κ2) is 8.12. The summed E-state index contributed by atoms with van der Waals surface area (Å²) in [6.45, 7) is 5.79. The number of nitrogens with one attached hydrogen (secondary N) is 2. The predicted molar refractivity (Wildman–Crippen MR) is 81.6 cm³/mol. The highest BCUT2D eigenvalue weighted by Crippen LogP contribution is 2.34. The van der Waals surface area contributed by atoms with Gasteiger partial charge in [-0.05, 0) is 31.6 Å². The summed E-state index contributed by atoms with van der Waals surface area (Å²) in [5.74, 6) is -1.20. The topological polar surface area (TPSA) is 122 Å². The summed E-state index contributed by atoms with van der Waals surface area (Å²) < 4.78 is 0. The van der Waals surface area contributed by atoms with Crippen LogP contribution in [0.15, 0.2) is 0 Å². The summed E-state index contributed by atoms with van der Waals surface area (Å²) in [5, 5.41) is 13.9. The monoisotopic (exact) mass is 313 g/mol. The summed E-state index contributed by atoms with van der Waals surface area (Å²) in [6.07, 6.45) is 2.19. The lowest BCUT2D eigenvalue weighted by Crippen LogP contribution is -2.53. The Balaban J connectivity index is 2.49. The van der Waals surface area contributed by atoms with Crippen molar-refractivity contribution in [3.63, 3.8) is 0 Å². The van der Waals surface area contributed by atoms with Crippen LogP contribution in [0.4, 0.5) is 0 Å². The highest BCUT2D eigenvalue weighted by molar-refractivity contribution is 5.86. The number of carbonyl (C=O) groups is 3. The summed E-state index contributed by atoms with van der Waals surface area (Å²) in [5.41, 5.74) is 5.48. The van der Waals surface area contributed by atoms with Gasteiger partial charge in [0.25, 0.3) is 0 Å². The first kappa shape index (κ1) is 18.4. The number of hydrogen-bond acceptors (Lipinski definition) is 4. The van der Waals surface area contributed by atoms with Gasteiger partial charge in [0.2, 0.25) is 11.8 Å². The van der Waals surface area contributed by atoms with Crippen molar-refractivity contribution in [2.75, 3.05) is 0 Å². The number of aliphatic carboxylic acids is 1. The highest BCUT2D eigenvalue weighted by Gasteiger charge is 2.34. The zero-order valence-corrected chi connectivity index (χ0v) is 13.5. The van der Waals surface area contributed by atoms with Gasteiger partial charge in [0.1, 0.15) is 0 Å². The molecular formula is C15H27N3O4. The fourth-order valence-corrected chi connectivity index (χ4v) is 3.15. The van der Waals surface area contributed by atoms with Crippen molar-refractivity contribution in [1.29, 1.82) is 0 Å². The number of rotatable bonds is 6. The van der Waals surface area contributed by atoms with Crippen molar-refractivity contribution in [2.45, 2.75) is 58.7 Å². The fraction of sp³-hybridized carbons (Fsp3) is 0.800. The first-order valence-electron chi connectivity index (χ1n) is 7.80. The Morgan fingerprint density at radius 3 is 2.23 bits per heavy atom. The average Bonchev–Trinajstić information content (AvgIpc) is 2.37. The van der Waals surface area contributed by atoms with E-state index in [0.29, 0.717) is 11.8 Å². The van der Waals surface area contributed by atoms with Crippen LogP contribution >= 0.6 is 0 Å². The van der Waals surface area contributed by atoms with Crippen LogP contribution in [0.2, 0.25) is 0 Å². The molecule has 0 aromatic heterocycles. The third-order valence-corrected chi connectivity index (χ3v) is 4.30. The van der Waals surface area contributed by atoms with Crippen LogP contribution in [-0.2, 0) is 14.4 Å². The molecule has 0 radical (unpaired) electrons. The van der Waals surface area contributed by atoms with Crippen molar-refractivity contribution < 1.29 is 19.5 Å². The van der Waals surface area contributed by atoms with E-state index in [1.54, 1.807) is 6.92 Å². The molecule has 4 atom stereocenters. The second-order valence-corrected chi connectivity index (χ2v) is 6.35. The normalized spacial score (nSPS) is 27.5. The van der Waals surface area contributed by atoms with Crippen molar-refractivity contribution in [2.24, 2.45) is 23.5 Å². The minimum Gasteiger partial charge on any atom is -0.481 e. The van der Waals surface area contributed by atoms with Crippen LogP contribution in [-0.4, -0.2) is 35.1 Å². The maximum absolute atomic E-state index is 12.4. The average molecular weight is 313 g/mol. The van der Waals surface area contributed by atoms with Crippen LogP contribution in [0.3, 0.4) is 0 Å². The number of carboxylic acid groups (broad SMARTS) is 1. The van der Waals surface area contributed by atoms with E-state index in [-0.39, 0.29) is 11.8 Å². The molecule has 1 aliphatic rings. The Bertz CT molecular complexity index is 417. The Morgan fingerprint density at radius 1 is 1.18 bits per heavy atom. The molecule has 0 spiro atoms. The van der Waals surface area contributed by atoms with Crippen molar-refractivity contribution in [3.05, 3.63) is 0 Å². The zero-order valence-electron chi connectivity index (χ0n) is 13.5.